The Morgan fingerprint density at radius 3 is 2.52 bits per heavy atom. The van der Waals surface area contributed by atoms with E-state index in [1.54, 1.807) is 7.11 Å². The van der Waals surface area contributed by atoms with Crippen LogP contribution in [0.3, 0.4) is 0 Å². The first kappa shape index (κ1) is 21.6. The van der Waals surface area contributed by atoms with Gasteiger partial charge >= 0.3 is 0 Å². The van der Waals surface area contributed by atoms with Crippen molar-refractivity contribution in [1.29, 1.82) is 0 Å². The lowest BCUT2D eigenvalue weighted by atomic mass is 10.1. The second-order valence-electron chi connectivity index (χ2n) is 8.19. The number of ether oxygens (including phenoxy) is 2. The number of nitrogens with zero attached hydrogens (tertiary/aromatic N) is 4. The van der Waals surface area contributed by atoms with E-state index in [4.69, 9.17) is 26.8 Å². The molecule has 0 amide bonds. The van der Waals surface area contributed by atoms with Gasteiger partial charge in [-0.2, -0.15) is 5.10 Å². The molecule has 0 bridgehead atoms. The van der Waals surface area contributed by atoms with Crippen LogP contribution in [0.4, 0.5) is 0 Å². The Morgan fingerprint density at radius 1 is 1.06 bits per heavy atom. The molecule has 1 aliphatic heterocycles. The van der Waals surface area contributed by atoms with Gasteiger partial charge in [0.25, 0.3) is 0 Å². The lowest BCUT2D eigenvalue weighted by molar-refractivity contribution is 0.0801. The van der Waals surface area contributed by atoms with E-state index in [-0.39, 0.29) is 6.10 Å². The van der Waals surface area contributed by atoms with Gasteiger partial charge in [0.1, 0.15) is 17.6 Å². The summed E-state index contributed by atoms with van der Waals surface area (Å²) >= 11 is 5.67. The van der Waals surface area contributed by atoms with E-state index in [0.717, 1.165) is 48.8 Å². The van der Waals surface area contributed by atoms with E-state index in [1.807, 2.05) is 40.6 Å². The molecule has 1 aromatic heterocycles. The fourth-order valence-corrected chi connectivity index (χ4v) is 4.17. The minimum Gasteiger partial charge on any atom is -0.496 e. The highest BCUT2D eigenvalue weighted by molar-refractivity contribution is 7.71. The fourth-order valence-electron chi connectivity index (χ4n) is 3.98. The van der Waals surface area contributed by atoms with Crippen molar-refractivity contribution in [2.24, 2.45) is 7.05 Å². The Kier molecular flexibility index (Phi) is 6.43. The summed E-state index contributed by atoms with van der Waals surface area (Å²) in [5.74, 6) is 2.58. The zero-order valence-electron chi connectivity index (χ0n) is 18.7. The van der Waals surface area contributed by atoms with Crippen molar-refractivity contribution in [3.63, 3.8) is 0 Å². The normalized spacial score (nSPS) is 15.2. The third-order valence-corrected chi connectivity index (χ3v) is 6.52. The monoisotopic (exact) mass is 438 g/mol. The topological polar surface area (TPSA) is 44.4 Å². The molecule has 164 valence electrons. The summed E-state index contributed by atoms with van der Waals surface area (Å²) in [6, 6.07) is 14.2. The van der Waals surface area contributed by atoms with Crippen molar-refractivity contribution < 1.29 is 9.47 Å². The van der Waals surface area contributed by atoms with Crippen LogP contribution in [-0.4, -0.2) is 45.6 Å². The zero-order chi connectivity index (χ0) is 22.0. The summed E-state index contributed by atoms with van der Waals surface area (Å²) in [4.78, 5) is 2.38. The molecule has 1 aliphatic rings. The van der Waals surface area contributed by atoms with Crippen molar-refractivity contribution in [1.82, 2.24) is 19.2 Å². The molecule has 0 unspecified atom stereocenters. The molecule has 1 fully saturated rings. The van der Waals surface area contributed by atoms with E-state index >= 15 is 0 Å². The van der Waals surface area contributed by atoms with Crippen molar-refractivity contribution in [3.8, 4) is 22.9 Å². The molecule has 31 heavy (non-hydrogen) atoms. The summed E-state index contributed by atoms with van der Waals surface area (Å²) < 4.78 is 16.3. The van der Waals surface area contributed by atoms with E-state index in [0.29, 0.717) is 11.4 Å². The van der Waals surface area contributed by atoms with Gasteiger partial charge in [-0.25, -0.2) is 4.68 Å². The van der Waals surface area contributed by atoms with Gasteiger partial charge < -0.3 is 14.0 Å². The molecule has 2 heterocycles. The number of piperidine rings is 1. The summed E-state index contributed by atoms with van der Waals surface area (Å²) in [7, 11) is 3.63. The maximum atomic E-state index is 6.23. The number of hydrogen-bond acceptors (Lipinski definition) is 5. The lowest BCUT2D eigenvalue weighted by Gasteiger charge is -2.31. The van der Waals surface area contributed by atoms with Gasteiger partial charge in [-0.15, -0.1) is 0 Å². The maximum Gasteiger partial charge on any atom is 0.199 e. The van der Waals surface area contributed by atoms with Gasteiger partial charge in [0.2, 0.25) is 0 Å². The van der Waals surface area contributed by atoms with Gasteiger partial charge in [-0.3, -0.25) is 4.90 Å². The number of methoxy groups -OCH3 is 1. The lowest BCUT2D eigenvalue weighted by Crippen LogP contribution is -2.39. The molecule has 6 nitrogen and oxygen atoms in total. The first-order valence-electron chi connectivity index (χ1n) is 10.7. The van der Waals surface area contributed by atoms with Crippen LogP contribution in [0.5, 0.6) is 11.5 Å². The molecule has 7 heteroatoms. The first-order chi connectivity index (χ1) is 15.0. The van der Waals surface area contributed by atoms with Crippen LogP contribution in [-0.2, 0) is 13.7 Å². The molecule has 3 aromatic rings. The van der Waals surface area contributed by atoms with Crippen molar-refractivity contribution in [2.45, 2.75) is 39.5 Å². The number of aryl methyl sites for hydroxylation is 2. The maximum absolute atomic E-state index is 6.23. The fraction of sp³-hybridized carbons (Fsp3) is 0.417. The van der Waals surface area contributed by atoms with Crippen LogP contribution in [0, 0.1) is 18.6 Å². The Hall–Kier alpha value is -2.64. The average molecular weight is 439 g/mol. The Bertz CT molecular complexity index is 1110. The van der Waals surface area contributed by atoms with Gasteiger partial charge in [0, 0.05) is 20.1 Å². The smallest absolute Gasteiger partial charge is 0.199 e. The van der Waals surface area contributed by atoms with Crippen molar-refractivity contribution in [3.05, 3.63) is 58.4 Å². The Morgan fingerprint density at radius 2 is 1.81 bits per heavy atom. The molecule has 4 rings (SSSR count). The number of aromatic nitrogens is 3. The van der Waals surface area contributed by atoms with Crippen LogP contribution in [0.25, 0.3) is 11.4 Å². The SMILES string of the molecule is COc1ccccc1-c1nn(CN2CCC(Oc3ccc(C)c(C)c3)CC2)c(=S)n1C. The third-order valence-electron chi connectivity index (χ3n) is 6.04. The summed E-state index contributed by atoms with van der Waals surface area (Å²) in [6.45, 7) is 6.84. The molecule has 0 spiro atoms. The third kappa shape index (κ3) is 4.67. The van der Waals surface area contributed by atoms with Crippen LogP contribution < -0.4 is 9.47 Å². The summed E-state index contributed by atoms with van der Waals surface area (Å²) in [6.07, 6.45) is 2.23. The number of benzene rings is 2. The molecule has 0 N–H and O–H groups in total. The van der Waals surface area contributed by atoms with Crippen molar-refractivity contribution in [2.75, 3.05) is 20.2 Å². The molecular weight excluding hydrogens is 408 g/mol. The summed E-state index contributed by atoms with van der Waals surface area (Å²) in [5, 5.41) is 4.81. The molecular formula is C24H30N4O2S. The predicted octanol–water partition coefficient (Wildman–Crippen LogP) is 4.74. The predicted molar refractivity (Wildman–Crippen MR) is 125 cm³/mol. The standard InChI is InChI=1S/C24H30N4O2S/c1-17-9-10-20(15-18(17)2)30-19-11-13-27(14-12-19)16-28-24(31)26(3)23(25-28)21-7-5-6-8-22(21)29-4/h5-10,15,19H,11-14,16H2,1-4H3. The largest absolute Gasteiger partial charge is 0.496 e. The highest BCUT2D eigenvalue weighted by Gasteiger charge is 2.22. The van der Waals surface area contributed by atoms with Gasteiger partial charge in [0.15, 0.2) is 10.6 Å². The van der Waals surface area contributed by atoms with Gasteiger partial charge in [0.05, 0.1) is 19.3 Å². The van der Waals surface area contributed by atoms with Gasteiger partial charge in [-0.1, -0.05) is 18.2 Å². The molecule has 1 saturated heterocycles. The second-order valence-corrected chi connectivity index (χ2v) is 8.55. The quantitative estimate of drug-likeness (QED) is 0.520. The molecule has 0 radical (unpaired) electrons. The van der Waals surface area contributed by atoms with Crippen LogP contribution in [0.1, 0.15) is 24.0 Å². The first-order valence-corrected chi connectivity index (χ1v) is 11.1. The summed E-state index contributed by atoms with van der Waals surface area (Å²) in [5.41, 5.74) is 3.50. The van der Waals surface area contributed by atoms with Crippen LogP contribution in [0.15, 0.2) is 42.5 Å². The minimum absolute atomic E-state index is 0.249. The Labute approximate surface area is 189 Å². The average Bonchev–Trinajstić information content (AvgIpc) is 3.06. The number of para-hydroxylation sites is 1. The molecule has 2 aromatic carbocycles. The Balaban J connectivity index is 1.41. The van der Waals surface area contributed by atoms with E-state index in [9.17, 15) is 0 Å². The minimum atomic E-state index is 0.249. The van der Waals surface area contributed by atoms with E-state index in [2.05, 4.69) is 36.9 Å². The number of rotatable bonds is 6. The van der Waals surface area contributed by atoms with Crippen LogP contribution in [0.2, 0.25) is 0 Å². The highest BCUT2D eigenvalue weighted by atomic mass is 32.1. The zero-order valence-corrected chi connectivity index (χ0v) is 19.5. The van der Waals surface area contributed by atoms with Gasteiger partial charge in [-0.05, 0) is 74.3 Å². The van der Waals surface area contributed by atoms with Crippen LogP contribution >= 0.6 is 12.2 Å². The van der Waals surface area contributed by atoms with Crippen molar-refractivity contribution >= 4 is 12.2 Å². The molecule has 0 saturated carbocycles. The molecule has 0 atom stereocenters. The molecule has 0 aliphatic carbocycles. The highest BCUT2D eigenvalue weighted by Crippen LogP contribution is 2.28. The second kappa shape index (κ2) is 9.24. The van der Waals surface area contributed by atoms with E-state index < -0.39 is 0 Å². The van der Waals surface area contributed by atoms with E-state index in [1.165, 1.54) is 11.1 Å². The number of likely N-dealkylation sites (tertiary alicyclic amines) is 1. The number of hydrogen-bond donors (Lipinski definition) is 0.